The molecule has 0 bridgehead atoms. The minimum Gasteiger partial charge on any atom is -0.306 e. The second-order valence-corrected chi connectivity index (χ2v) is 4.67. The van der Waals surface area contributed by atoms with Gasteiger partial charge in [-0.15, -0.1) is 0 Å². The van der Waals surface area contributed by atoms with Crippen LogP contribution in [0.15, 0.2) is 0 Å². The van der Waals surface area contributed by atoms with Gasteiger partial charge in [0.1, 0.15) is 0 Å². The molecule has 1 heterocycles. The number of likely N-dealkylation sites (tertiary alicyclic amines) is 1. The summed E-state index contributed by atoms with van der Waals surface area (Å²) < 4.78 is 0. The number of nitrogens with zero attached hydrogens (tertiary/aromatic N) is 2. The molecule has 1 fully saturated rings. The summed E-state index contributed by atoms with van der Waals surface area (Å²) in [6, 6.07) is 0. The van der Waals surface area contributed by atoms with Crippen molar-refractivity contribution in [1.82, 2.24) is 9.91 Å². The van der Waals surface area contributed by atoms with Crippen LogP contribution in [0.1, 0.15) is 32.1 Å². The van der Waals surface area contributed by atoms with Gasteiger partial charge in [0.05, 0.1) is 0 Å². The van der Waals surface area contributed by atoms with Gasteiger partial charge in [-0.2, -0.15) is 0 Å². The van der Waals surface area contributed by atoms with Gasteiger partial charge in [0, 0.05) is 20.0 Å². The molecule has 0 aromatic rings. The van der Waals surface area contributed by atoms with Gasteiger partial charge in [-0.3, -0.25) is 9.80 Å². The van der Waals surface area contributed by atoms with Crippen LogP contribution in [0.25, 0.3) is 0 Å². The number of rotatable bonds is 5. The largest absolute Gasteiger partial charge is 0.306 e. The van der Waals surface area contributed by atoms with Gasteiger partial charge in [-0.05, 0) is 38.8 Å². The van der Waals surface area contributed by atoms with Crippen LogP contribution in [0.3, 0.4) is 0 Å². The molecule has 2 N–H and O–H groups in total. The van der Waals surface area contributed by atoms with Crippen molar-refractivity contribution in [2.75, 3.05) is 27.2 Å². The molecule has 0 saturated carbocycles. The Morgan fingerprint density at radius 2 is 2.27 bits per heavy atom. The topological polar surface area (TPSA) is 49.6 Å². The minimum atomic E-state index is 0.0403. The molecule has 1 atom stereocenters. The fourth-order valence-corrected chi connectivity index (χ4v) is 2.15. The highest BCUT2D eigenvalue weighted by atomic mass is 16.2. The summed E-state index contributed by atoms with van der Waals surface area (Å²) in [6.45, 7) is 2.46. The third-order valence-electron chi connectivity index (χ3n) is 3.14. The number of amides is 1. The standard InChI is InChI=1S/C11H23N3O/c1-13-8-7-10(9-13)5-3-4-6-11(15)14(2)12/h10H,3-9,12H2,1-2H3. The Bertz CT molecular complexity index is 206. The van der Waals surface area contributed by atoms with E-state index in [-0.39, 0.29) is 5.91 Å². The lowest BCUT2D eigenvalue weighted by molar-refractivity contribution is -0.130. The normalized spacial score (nSPS) is 21.9. The highest BCUT2D eigenvalue weighted by Crippen LogP contribution is 2.20. The number of unbranched alkanes of at least 4 members (excludes halogenated alkanes) is 1. The Labute approximate surface area is 92.4 Å². The van der Waals surface area contributed by atoms with E-state index in [2.05, 4.69) is 11.9 Å². The summed E-state index contributed by atoms with van der Waals surface area (Å²) in [5.74, 6) is 6.22. The number of hydrogen-bond acceptors (Lipinski definition) is 3. The third kappa shape index (κ3) is 4.62. The highest BCUT2D eigenvalue weighted by molar-refractivity contribution is 5.75. The maximum absolute atomic E-state index is 11.2. The molecule has 0 spiro atoms. The monoisotopic (exact) mass is 213 g/mol. The molecule has 1 rings (SSSR count). The van der Waals surface area contributed by atoms with Crippen LogP contribution in [-0.4, -0.2) is 43.0 Å². The van der Waals surface area contributed by atoms with Crippen LogP contribution in [-0.2, 0) is 4.79 Å². The van der Waals surface area contributed by atoms with Crippen molar-refractivity contribution in [3.8, 4) is 0 Å². The predicted molar refractivity (Wildman–Crippen MR) is 61.0 cm³/mol. The van der Waals surface area contributed by atoms with E-state index in [1.165, 1.54) is 30.9 Å². The molecule has 88 valence electrons. The Kier molecular flexibility index (Phi) is 5.05. The molecular weight excluding hydrogens is 190 g/mol. The molecule has 1 saturated heterocycles. The van der Waals surface area contributed by atoms with Crippen molar-refractivity contribution in [3.63, 3.8) is 0 Å². The quantitative estimate of drug-likeness (QED) is 0.318. The van der Waals surface area contributed by atoms with Gasteiger partial charge in [-0.1, -0.05) is 6.42 Å². The van der Waals surface area contributed by atoms with Crippen molar-refractivity contribution in [1.29, 1.82) is 0 Å². The first-order valence-electron chi connectivity index (χ1n) is 5.79. The number of carbonyl (C=O) groups excluding carboxylic acids is 1. The summed E-state index contributed by atoms with van der Waals surface area (Å²) in [7, 11) is 3.78. The van der Waals surface area contributed by atoms with Gasteiger partial charge in [0.2, 0.25) is 5.91 Å². The van der Waals surface area contributed by atoms with E-state index >= 15 is 0 Å². The van der Waals surface area contributed by atoms with Gasteiger partial charge >= 0.3 is 0 Å². The first-order chi connectivity index (χ1) is 7.09. The average Bonchev–Trinajstić information content (AvgIpc) is 2.58. The smallest absolute Gasteiger partial charge is 0.236 e. The van der Waals surface area contributed by atoms with Gasteiger partial charge in [-0.25, -0.2) is 5.84 Å². The van der Waals surface area contributed by atoms with Crippen LogP contribution in [0, 0.1) is 5.92 Å². The van der Waals surface area contributed by atoms with Gasteiger partial charge < -0.3 is 4.90 Å². The predicted octanol–water partition coefficient (Wildman–Crippen LogP) is 0.831. The van der Waals surface area contributed by atoms with Crippen LogP contribution in [0.2, 0.25) is 0 Å². The van der Waals surface area contributed by atoms with E-state index < -0.39 is 0 Å². The summed E-state index contributed by atoms with van der Waals surface area (Å²) >= 11 is 0. The molecule has 1 aliphatic rings. The number of hydrogen-bond donors (Lipinski definition) is 1. The van der Waals surface area contributed by atoms with E-state index in [4.69, 9.17) is 5.84 Å². The number of nitrogens with two attached hydrogens (primary N) is 1. The molecule has 1 unspecified atom stereocenters. The SMILES string of the molecule is CN1CCC(CCCCC(=O)N(C)N)C1. The van der Waals surface area contributed by atoms with Crippen molar-refractivity contribution in [3.05, 3.63) is 0 Å². The van der Waals surface area contributed by atoms with Crippen molar-refractivity contribution in [2.24, 2.45) is 11.8 Å². The summed E-state index contributed by atoms with van der Waals surface area (Å²) in [6.07, 6.45) is 5.29. The zero-order chi connectivity index (χ0) is 11.3. The van der Waals surface area contributed by atoms with Crippen LogP contribution in [0.5, 0.6) is 0 Å². The molecule has 1 aliphatic heterocycles. The second kappa shape index (κ2) is 6.08. The molecule has 0 aromatic heterocycles. The van der Waals surface area contributed by atoms with Gasteiger partial charge in [0.25, 0.3) is 0 Å². The molecule has 0 aromatic carbocycles. The summed E-state index contributed by atoms with van der Waals surface area (Å²) in [5, 5.41) is 1.18. The zero-order valence-corrected chi connectivity index (χ0v) is 9.91. The van der Waals surface area contributed by atoms with Crippen LogP contribution >= 0.6 is 0 Å². The summed E-state index contributed by atoms with van der Waals surface area (Å²) in [5.41, 5.74) is 0. The lowest BCUT2D eigenvalue weighted by Gasteiger charge is -2.11. The lowest BCUT2D eigenvalue weighted by Crippen LogP contribution is -2.32. The molecule has 15 heavy (non-hydrogen) atoms. The number of hydrazine groups is 1. The Morgan fingerprint density at radius 3 is 2.80 bits per heavy atom. The third-order valence-corrected chi connectivity index (χ3v) is 3.14. The summed E-state index contributed by atoms with van der Waals surface area (Å²) in [4.78, 5) is 13.6. The van der Waals surface area contributed by atoms with E-state index in [1.807, 2.05) is 0 Å². The molecular formula is C11H23N3O. The first kappa shape index (κ1) is 12.5. The zero-order valence-electron chi connectivity index (χ0n) is 9.91. The highest BCUT2D eigenvalue weighted by Gasteiger charge is 2.18. The van der Waals surface area contributed by atoms with E-state index in [0.717, 1.165) is 18.8 Å². The van der Waals surface area contributed by atoms with Gasteiger partial charge in [0.15, 0.2) is 0 Å². The number of carbonyl (C=O) groups is 1. The maximum atomic E-state index is 11.2. The Morgan fingerprint density at radius 1 is 1.53 bits per heavy atom. The average molecular weight is 213 g/mol. The first-order valence-corrected chi connectivity index (χ1v) is 5.79. The van der Waals surface area contributed by atoms with E-state index in [1.54, 1.807) is 7.05 Å². The fourth-order valence-electron chi connectivity index (χ4n) is 2.15. The second-order valence-electron chi connectivity index (χ2n) is 4.67. The molecule has 4 nitrogen and oxygen atoms in total. The fraction of sp³-hybridized carbons (Fsp3) is 0.909. The van der Waals surface area contributed by atoms with Crippen LogP contribution in [0.4, 0.5) is 0 Å². The van der Waals surface area contributed by atoms with E-state index in [9.17, 15) is 4.79 Å². The van der Waals surface area contributed by atoms with Crippen molar-refractivity contribution in [2.45, 2.75) is 32.1 Å². The molecule has 0 radical (unpaired) electrons. The lowest BCUT2D eigenvalue weighted by atomic mass is 10.0. The van der Waals surface area contributed by atoms with Crippen molar-refractivity contribution < 1.29 is 4.79 Å². The van der Waals surface area contributed by atoms with E-state index in [0.29, 0.717) is 6.42 Å². The maximum Gasteiger partial charge on any atom is 0.236 e. The Balaban J connectivity index is 2.00. The van der Waals surface area contributed by atoms with Crippen molar-refractivity contribution >= 4 is 5.91 Å². The van der Waals surface area contributed by atoms with Crippen LogP contribution < -0.4 is 5.84 Å². The Hall–Kier alpha value is -0.610. The molecule has 4 heteroatoms. The minimum absolute atomic E-state index is 0.0403. The molecule has 0 aliphatic carbocycles. The molecule has 1 amide bonds.